The van der Waals surface area contributed by atoms with Gasteiger partial charge in [-0.05, 0) is 35.5 Å². The first-order valence-corrected chi connectivity index (χ1v) is 9.35. The van der Waals surface area contributed by atoms with Crippen molar-refractivity contribution in [3.8, 4) is 0 Å². The van der Waals surface area contributed by atoms with E-state index in [9.17, 15) is 19.2 Å². The number of hydrogen-bond donors (Lipinski definition) is 3. The Balaban J connectivity index is 1.89. The van der Waals surface area contributed by atoms with Crippen molar-refractivity contribution in [3.05, 3.63) is 38.7 Å². The molecule has 5 amide bonds. The highest BCUT2D eigenvalue weighted by Crippen LogP contribution is 2.33. The van der Waals surface area contributed by atoms with Crippen LogP contribution in [0.15, 0.2) is 23.1 Å². The lowest BCUT2D eigenvalue weighted by atomic mass is 10.2. The number of imide groups is 1. The second kappa shape index (κ2) is 9.63. The molecule has 0 spiro atoms. The molecule has 1 fully saturated rings. The molecule has 1 aliphatic rings. The maximum Gasteiger partial charge on any atom is 0.312 e. The van der Waals surface area contributed by atoms with Gasteiger partial charge in [0.25, 0.3) is 11.1 Å². The number of primary amides is 1. The highest BCUT2D eigenvalue weighted by molar-refractivity contribution is 8.18. The number of nitrogens with zero attached hydrogens (tertiary/aromatic N) is 1. The van der Waals surface area contributed by atoms with Gasteiger partial charge < -0.3 is 16.4 Å². The minimum absolute atomic E-state index is 0.0331. The zero-order valence-corrected chi connectivity index (χ0v) is 16.3. The van der Waals surface area contributed by atoms with Crippen LogP contribution < -0.4 is 16.4 Å². The molecule has 0 saturated carbocycles. The van der Waals surface area contributed by atoms with Crippen molar-refractivity contribution in [2.24, 2.45) is 5.73 Å². The molecule has 2 rings (SSSR count). The summed E-state index contributed by atoms with van der Waals surface area (Å²) in [6.45, 7) is 0.237. The molecule has 1 heterocycles. The van der Waals surface area contributed by atoms with Crippen molar-refractivity contribution in [2.75, 3.05) is 19.6 Å². The van der Waals surface area contributed by atoms with Crippen LogP contribution in [0.25, 0.3) is 6.08 Å². The van der Waals surface area contributed by atoms with E-state index in [-0.39, 0.29) is 36.9 Å². The smallest absolute Gasteiger partial charge is 0.312 e. The first kappa shape index (κ1) is 21.1. The van der Waals surface area contributed by atoms with Crippen LogP contribution in [0.3, 0.4) is 0 Å². The van der Waals surface area contributed by atoms with Gasteiger partial charge in [0.2, 0.25) is 5.91 Å². The van der Waals surface area contributed by atoms with Gasteiger partial charge in [-0.25, -0.2) is 4.79 Å². The van der Waals surface area contributed by atoms with Gasteiger partial charge in [-0.3, -0.25) is 19.3 Å². The number of nitrogens with two attached hydrogens (primary N) is 1. The Labute approximate surface area is 169 Å². The Morgan fingerprint density at radius 1 is 1.19 bits per heavy atom. The number of amides is 5. The maximum absolute atomic E-state index is 12.4. The van der Waals surface area contributed by atoms with E-state index in [2.05, 4.69) is 10.6 Å². The Hall–Kier alpha value is -2.23. The van der Waals surface area contributed by atoms with Gasteiger partial charge >= 0.3 is 6.03 Å². The summed E-state index contributed by atoms with van der Waals surface area (Å²) in [4.78, 5) is 47.8. The molecule has 11 heteroatoms. The molecule has 0 unspecified atom stereocenters. The van der Waals surface area contributed by atoms with Crippen molar-refractivity contribution in [2.45, 2.75) is 6.42 Å². The average molecular weight is 431 g/mol. The lowest BCUT2D eigenvalue weighted by Gasteiger charge is -2.13. The molecule has 0 atom stereocenters. The van der Waals surface area contributed by atoms with Gasteiger partial charge in [0.15, 0.2) is 0 Å². The van der Waals surface area contributed by atoms with Crippen molar-refractivity contribution in [3.63, 3.8) is 0 Å². The van der Waals surface area contributed by atoms with Crippen molar-refractivity contribution < 1.29 is 19.2 Å². The number of rotatable bonds is 7. The molecule has 144 valence electrons. The third-order valence-corrected chi connectivity index (χ3v) is 4.90. The van der Waals surface area contributed by atoms with E-state index in [0.717, 1.165) is 16.7 Å². The summed E-state index contributed by atoms with van der Waals surface area (Å²) < 4.78 is 0. The standard InChI is InChI=1S/C16H16Cl2N4O4S/c17-10-2-1-9(11(18)8-10)7-12-14(24)22(16(26)27-12)6-5-20-13(23)3-4-21-15(19)25/h1-2,7-8H,3-6H2,(H,20,23)(H3,19,21,25). The van der Waals surface area contributed by atoms with Gasteiger partial charge in [-0.1, -0.05) is 29.3 Å². The van der Waals surface area contributed by atoms with Crippen LogP contribution in [0.1, 0.15) is 12.0 Å². The molecule has 1 aromatic rings. The van der Waals surface area contributed by atoms with Crippen molar-refractivity contribution >= 4 is 64.1 Å². The Kier molecular flexibility index (Phi) is 7.52. The summed E-state index contributed by atoms with van der Waals surface area (Å²) >= 11 is 12.7. The summed E-state index contributed by atoms with van der Waals surface area (Å²) in [6.07, 6.45) is 1.57. The lowest BCUT2D eigenvalue weighted by molar-refractivity contribution is -0.124. The van der Waals surface area contributed by atoms with Crippen LogP contribution in [0.5, 0.6) is 0 Å². The van der Waals surface area contributed by atoms with Crippen LogP contribution >= 0.6 is 35.0 Å². The fraction of sp³-hybridized carbons (Fsp3) is 0.250. The van der Waals surface area contributed by atoms with Gasteiger partial charge in [-0.2, -0.15) is 0 Å². The normalized spacial score (nSPS) is 15.3. The zero-order chi connectivity index (χ0) is 20.0. The molecule has 1 aliphatic heterocycles. The molecule has 1 saturated heterocycles. The predicted octanol–water partition coefficient (Wildman–Crippen LogP) is 2.20. The van der Waals surface area contributed by atoms with Crippen molar-refractivity contribution in [1.29, 1.82) is 0 Å². The van der Waals surface area contributed by atoms with Gasteiger partial charge in [0, 0.05) is 36.1 Å². The molecular formula is C16H16Cl2N4O4S. The topological polar surface area (TPSA) is 122 Å². The first-order valence-electron chi connectivity index (χ1n) is 7.78. The van der Waals surface area contributed by atoms with E-state index in [1.165, 1.54) is 6.08 Å². The number of nitrogens with one attached hydrogen (secondary N) is 2. The highest BCUT2D eigenvalue weighted by Gasteiger charge is 2.34. The van der Waals surface area contributed by atoms with Gasteiger partial charge in [0.05, 0.1) is 4.91 Å². The quantitative estimate of drug-likeness (QED) is 0.572. The second-order valence-electron chi connectivity index (χ2n) is 5.39. The summed E-state index contributed by atoms with van der Waals surface area (Å²) in [5.41, 5.74) is 5.46. The van der Waals surface area contributed by atoms with Crippen LogP contribution in [0.2, 0.25) is 10.0 Å². The van der Waals surface area contributed by atoms with E-state index in [1.54, 1.807) is 18.2 Å². The van der Waals surface area contributed by atoms with Crippen LogP contribution in [-0.4, -0.2) is 47.6 Å². The Morgan fingerprint density at radius 2 is 1.93 bits per heavy atom. The van der Waals surface area contributed by atoms with E-state index in [4.69, 9.17) is 28.9 Å². The number of halogens is 2. The number of thioether (sulfide) groups is 1. The maximum atomic E-state index is 12.4. The molecule has 0 aromatic heterocycles. The fourth-order valence-electron chi connectivity index (χ4n) is 2.15. The predicted molar refractivity (Wildman–Crippen MR) is 104 cm³/mol. The molecule has 27 heavy (non-hydrogen) atoms. The van der Waals surface area contributed by atoms with E-state index in [0.29, 0.717) is 15.6 Å². The molecule has 1 aromatic carbocycles. The van der Waals surface area contributed by atoms with Gasteiger partial charge in [0.1, 0.15) is 0 Å². The third-order valence-electron chi connectivity index (χ3n) is 3.43. The molecular weight excluding hydrogens is 415 g/mol. The number of carbonyl (C=O) groups is 4. The number of benzene rings is 1. The highest BCUT2D eigenvalue weighted by atomic mass is 35.5. The minimum atomic E-state index is -0.715. The first-order chi connectivity index (χ1) is 12.8. The van der Waals surface area contributed by atoms with Gasteiger partial charge in [-0.15, -0.1) is 0 Å². The molecule has 0 bridgehead atoms. The zero-order valence-electron chi connectivity index (χ0n) is 14.0. The van der Waals surface area contributed by atoms with Crippen LogP contribution in [0, 0.1) is 0 Å². The average Bonchev–Trinajstić information content (AvgIpc) is 2.84. The lowest BCUT2D eigenvalue weighted by Crippen LogP contribution is -2.38. The number of hydrogen-bond acceptors (Lipinski definition) is 5. The van der Waals surface area contributed by atoms with E-state index in [1.807, 2.05) is 0 Å². The Morgan fingerprint density at radius 3 is 2.59 bits per heavy atom. The monoisotopic (exact) mass is 430 g/mol. The SMILES string of the molecule is NC(=O)NCCC(=O)NCCN1C(=O)SC(=Cc2ccc(Cl)cc2Cl)C1=O. The summed E-state index contributed by atoms with van der Waals surface area (Å²) in [5.74, 6) is -0.792. The fourth-order valence-corrected chi connectivity index (χ4v) is 3.47. The minimum Gasteiger partial charge on any atom is -0.354 e. The summed E-state index contributed by atoms with van der Waals surface area (Å²) in [7, 11) is 0. The number of carbonyl (C=O) groups excluding carboxylic acids is 4. The second-order valence-corrected chi connectivity index (χ2v) is 7.23. The largest absolute Gasteiger partial charge is 0.354 e. The van der Waals surface area contributed by atoms with E-state index < -0.39 is 17.2 Å². The van der Waals surface area contributed by atoms with Crippen LogP contribution in [-0.2, 0) is 9.59 Å². The summed E-state index contributed by atoms with van der Waals surface area (Å²) in [5, 5.41) is 5.25. The van der Waals surface area contributed by atoms with Crippen molar-refractivity contribution in [1.82, 2.24) is 15.5 Å². The molecule has 8 nitrogen and oxygen atoms in total. The molecule has 0 aliphatic carbocycles. The third kappa shape index (κ3) is 6.16. The molecule has 4 N–H and O–H groups in total. The van der Waals surface area contributed by atoms with E-state index >= 15 is 0 Å². The molecule has 0 radical (unpaired) electrons. The summed E-state index contributed by atoms with van der Waals surface area (Å²) in [6, 6.07) is 4.11. The Bertz CT molecular complexity index is 816. The number of urea groups is 1. The van der Waals surface area contributed by atoms with Crippen LogP contribution in [0.4, 0.5) is 9.59 Å².